The van der Waals surface area contributed by atoms with E-state index < -0.39 is 6.29 Å². The van der Waals surface area contributed by atoms with Crippen LogP contribution in [0.5, 0.6) is 0 Å². The second-order valence-corrected chi connectivity index (χ2v) is 6.79. The summed E-state index contributed by atoms with van der Waals surface area (Å²) in [5, 5.41) is 0. The van der Waals surface area contributed by atoms with Crippen LogP contribution in [0.25, 0.3) is 0 Å². The van der Waals surface area contributed by atoms with Gasteiger partial charge in [-0.25, -0.2) is 0 Å². The standard InChI is InChI=1S/C18H30O4S/c1-13(12-23-15-10-8-7-9-11-15)16(19-3)14(2)17(20-4)18(21-5)22-6/h7-11,13-14,16-18H,12H2,1-6H3/t13-,14+,16-,17-/m1/s1. The van der Waals surface area contributed by atoms with Crippen molar-refractivity contribution in [3.63, 3.8) is 0 Å². The van der Waals surface area contributed by atoms with E-state index in [1.54, 1.807) is 28.4 Å². The lowest BCUT2D eigenvalue weighted by Crippen LogP contribution is -2.44. The average molecular weight is 343 g/mol. The summed E-state index contributed by atoms with van der Waals surface area (Å²) in [7, 11) is 6.70. The zero-order valence-corrected chi connectivity index (χ0v) is 15.8. The predicted molar refractivity (Wildman–Crippen MR) is 94.9 cm³/mol. The summed E-state index contributed by atoms with van der Waals surface area (Å²) in [5.41, 5.74) is 0. The van der Waals surface area contributed by atoms with Crippen molar-refractivity contribution in [3.05, 3.63) is 30.3 Å². The van der Waals surface area contributed by atoms with E-state index in [-0.39, 0.29) is 18.1 Å². The topological polar surface area (TPSA) is 36.9 Å². The molecule has 0 fully saturated rings. The molecule has 1 aromatic carbocycles. The van der Waals surface area contributed by atoms with Gasteiger partial charge in [-0.15, -0.1) is 11.8 Å². The summed E-state index contributed by atoms with van der Waals surface area (Å²) >= 11 is 1.85. The number of benzene rings is 1. The fourth-order valence-corrected chi connectivity index (χ4v) is 3.92. The molecule has 0 N–H and O–H groups in total. The summed E-state index contributed by atoms with van der Waals surface area (Å²) in [6.45, 7) is 4.33. The molecule has 1 rings (SSSR count). The average Bonchev–Trinajstić information content (AvgIpc) is 2.59. The van der Waals surface area contributed by atoms with Gasteiger partial charge in [0.25, 0.3) is 0 Å². The van der Waals surface area contributed by atoms with E-state index in [0.29, 0.717) is 5.92 Å². The molecule has 0 aliphatic heterocycles. The summed E-state index contributed by atoms with van der Waals surface area (Å²) in [6, 6.07) is 10.4. The second-order valence-electron chi connectivity index (χ2n) is 5.70. The van der Waals surface area contributed by atoms with Crippen molar-refractivity contribution in [3.8, 4) is 0 Å². The van der Waals surface area contributed by atoms with Crippen molar-refractivity contribution in [1.29, 1.82) is 0 Å². The van der Waals surface area contributed by atoms with E-state index in [1.807, 2.05) is 17.8 Å². The van der Waals surface area contributed by atoms with E-state index in [9.17, 15) is 0 Å². The van der Waals surface area contributed by atoms with Crippen LogP contribution >= 0.6 is 11.8 Å². The Morgan fingerprint density at radius 2 is 1.39 bits per heavy atom. The molecule has 0 saturated heterocycles. The molecule has 0 unspecified atom stereocenters. The molecule has 5 heteroatoms. The molecule has 132 valence electrons. The zero-order valence-electron chi connectivity index (χ0n) is 15.0. The van der Waals surface area contributed by atoms with Gasteiger partial charge in [0.15, 0.2) is 6.29 Å². The molecule has 4 atom stereocenters. The highest BCUT2D eigenvalue weighted by molar-refractivity contribution is 7.99. The molecule has 0 bridgehead atoms. The summed E-state index contributed by atoms with van der Waals surface area (Å²) in [6.07, 6.45) is -0.523. The van der Waals surface area contributed by atoms with Crippen LogP contribution in [0.1, 0.15) is 13.8 Å². The Morgan fingerprint density at radius 3 is 1.87 bits per heavy atom. The van der Waals surface area contributed by atoms with Gasteiger partial charge in [-0.3, -0.25) is 0 Å². The third-order valence-corrected chi connectivity index (χ3v) is 5.43. The van der Waals surface area contributed by atoms with Gasteiger partial charge in [-0.2, -0.15) is 0 Å². The number of methoxy groups -OCH3 is 4. The van der Waals surface area contributed by atoms with Gasteiger partial charge in [0.2, 0.25) is 0 Å². The molecule has 0 aliphatic rings. The van der Waals surface area contributed by atoms with E-state index >= 15 is 0 Å². The highest BCUT2D eigenvalue weighted by atomic mass is 32.2. The molecular formula is C18H30O4S. The van der Waals surface area contributed by atoms with Crippen LogP contribution in [-0.2, 0) is 18.9 Å². The molecule has 0 aliphatic carbocycles. The van der Waals surface area contributed by atoms with Gasteiger partial charge in [-0.1, -0.05) is 32.0 Å². The molecule has 4 nitrogen and oxygen atoms in total. The normalized spacial score (nSPS) is 17.0. The molecule has 0 aromatic heterocycles. The molecule has 23 heavy (non-hydrogen) atoms. The number of hydrogen-bond donors (Lipinski definition) is 0. The first-order valence-corrected chi connectivity index (χ1v) is 8.86. The maximum atomic E-state index is 5.78. The first-order valence-electron chi connectivity index (χ1n) is 7.88. The molecule has 0 saturated carbocycles. The number of ether oxygens (including phenoxy) is 4. The highest BCUT2D eigenvalue weighted by Gasteiger charge is 2.35. The molecule has 0 spiro atoms. The van der Waals surface area contributed by atoms with Crippen LogP contribution in [0.15, 0.2) is 35.2 Å². The van der Waals surface area contributed by atoms with E-state index in [4.69, 9.17) is 18.9 Å². The fourth-order valence-electron chi connectivity index (χ4n) is 2.93. The Hall–Kier alpha value is -0.590. The summed E-state index contributed by atoms with van der Waals surface area (Å²) in [5.74, 6) is 1.49. The van der Waals surface area contributed by atoms with Crippen LogP contribution in [0.2, 0.25) is 0 Å². The molecule has 0 radical (unpaired) electrons. The van der Waals surface area contributed by atoms with Crippen molar-refractivity contribution < 1.29 is 18.9 Å². The van der Waals surface area contributed by atoms with E-state index in [1.165, 1.54) is 4.90 Å². The zero-order chi connectivity index (χ0) is 17.2. The minimum absolute atomic E-state index is 0.0592. The lowest BCUT2D eigenvalue weighted by Gasteiger charge is -2.35. The first-order chi connectivity index (χ1) is 11.1. The Kier molecular flexibility index (Phi) is 9.83. The van der Waals surface area contributed by atoms with Crippen LogP contribution in [0, 0.1) is 11.8 Å². The van der Waals surface area contributed by atoms with Crippen LogP contribution in [0.4, 0.5) is 0 Å². The molecule has 0 heterocycles. The van der Waals surface area contributed by atoms with Crippen LogP contribution < -0.4 is 0 Å². The summed E-state index contributed by atoms with van der Waals surface area (Å²) < 4.78 is 22.1. The largest absolute Gasteiger partial charge is 0.381 e. The first kappa shape index (κ1) is 20.5. The Balaban J connectivity index is 2.68. The van der Waals surface area contributed by atoms with Gasteiger partial charge >= 0.3 is 0 Å². The minimum Gasteiger partial charge on any atom is -0.381 e. The maximum absolute atomic E-state index is 5.78. The SMILES string of the molecule is COC(OC)[C@H](OC)[C@@H](C)[C@H](OC)[C@H](C)CSc1ccccc1. The van der Waals surface area contributed by atoms with Crippen molar-refractivity contribution in [2.75, 3.05) is 34.2 Å². The second kappa shape index (κ2) is 11.0. The number of thioether (sulfide) groups is 1. The van der Waals surface area contributed by atoms with Gasteiger partial charge in [0, 0.05) is 45.0 Å². The third kappa shape index (κ3) is 6.08. The Bertz CT molecular complexity index is 411. The molecular weight excluding hydrogens is 312 g/mol. The Morgan fingerprint density at radius 1 is 0.826 bits per heavy atom. The lowest BCUT2D eigenvalue weighted by atomic mass is 9.89. The Labute approximate surface area is 144 Å². The van der Waals surface area contributed by atoms with Gasteiger partial charge in [-0.05, 0) is 18.1 Å². The number of hydrogen-bond acceptors (Lipinski definition) is 5. The molecule has 1 aromatic rings. The predicted octanol–water partition coefficient (Wildman–Crippen LogP) is 3.70. The maximum Gasteiger partial charge on any atom is 0.183 e. The van der Waals surface area contributed by atoms with E-state index in [2.05, 4.69) is 38.1 Å². The summed E-state index contributed by atoms with van der Waals surface area (Å²) in [4.78, 5) is 1.27. The van der Waals surface area contributed by atoms with Crippen LogP contribution in [0.3, 0.4) is 0 Å². The van der Waals surface area contributed by atoms with Gasteiger partial charge < -0.3 is 18.9 Å². The lowest BCUT2D eigenvalue weighted by molar-refractivity contribution is -0.200. The highest BCUT2D eigenvalue weighted by Crippen LogP contribution is 2.29. The van der Waals surface area contributed by atoms with Crippen molar-refractivity contribution in [1.82, 2.24) is 0 Å². The monoisotopic (exact) mass is 342 g/mol. The smallest absolute Gasteiger partial charge is 0.183 e. The van der Waals surface area contributed by atoms with Gasteiger partial charge in [0.05, 0.1) is 6.10 Å². The quantitative estimate of drug-likeness (QED) is 0.453. The van der Waals surface area contributed by atoms with E-state index in [0.717, 1.165) is 5.75 Å². The van der Waals surface area contributed by atoms with Crippen molar-refractivity contribution in [2.45, 2.75) is 37.2 Å². The minimum atomic E-state index is -0.401. The van der Waals surface area contributed by atoms with Crippen molar-refractivity contribution >= 4 is 11.8 Å². The fraction of sp³-hybridized carbons (Fsp3) is 0.667. The van der Waals surface area contributed by atoms with Gasteiger partial charge in [0.1, 0.15) is 6.10 Å². The van der Waals surface area contributed by atoms with Crippen LogP contribution in [-0.4, -0.2) is 52.7 Å². The molecule has 0 amide bonds. The number of rotatable bonds is 11. The van der Waals surface area contributed by atoms with Crippen molar-refractivity contribution in [2.24, 2.45) is 11.8 Å². The third-order valence-electron chi connectivity index (χ3n) is 4.13.